The van der Waals surface area contributed by atoms with Crippen LogP contribution in [0.4, 0.5) is 0 Å². The number of likely N-dealkylation sites (tertiary alicyclic amines) is 1. The van der Waals surface area contributed by atoms with Crippen LogP contribution in [0.25, 0.3) is 22.5 Å². The fourth-order valence-corrected chi connectivity index (χ4v) is 5.32. The zero-order valence-electron chi connectivity index (χ0n) is 20.6. The molecule has 1 aliphatic rings. The molecular weight excluding hydrogens is 586 g/mol. The fraction of sp³-hybridized carbons (Fsp3) is 0.333. The van der Waals surface area contributed by atoms with Crippen LogP contribution in [0, 0.1) is 0 Å². The summed E-state index contributed by atoms with van der Waals surface area (Å²) in [7, 11) is 3.79. The van der Waals surface area contributed by atoms with Crippen molar-refractivity contribution in [2.45, 2.75) is 19.3 Å². The molecule has 0 radical (unpaired) electrons. The molecule has 1 fully saturated rings. The molecule has 190 valence electrons. The maximum Gasteiger partial charge on any atom is 0.119 e. The third-order valence-corrected chi connectivity index (χ3v) is 7.12. The van der Waals surface area contributed by atoms with E-state index < -0.39 is 0 Å². The van der Waals surface area contributed by atoms with Gasteiger partial charge in [0.2, 0.25) is 0 Å². The first-order valence-electron chi connectivity index (χ1n) is 12.0. The molecule has 0 saturated carbocycles. The lowest BCUT2D eigenvalue weighted by Crippen LogP contribution is -2.33. The molecule has 0 spiro atoms. The van der Waals surface area contributed by atoms with Gasteiger partial charge in [-0.25, -0.2) is 0 Å². The second-order valence-electron chi connectivity index (χ2n) is 8.82. The van der Waals surface area contributed by atoms with Gasteiger partial charge in [0.1, 0.15) is 29.5 Å². The molecule has 3 heterocycles. The van der Waals surface area contributed by atoms with E-state index in [1.165, 1.54) is 32.4 Å². The second kappa shape index (κ2) is 12.6. The Kier molecular flexibility index (Phi) is 9.23. The molecular formula is C27H31Br2N5O2. The Labute approximate surface area is 229 Å². The van der Waals surface area contributed by atoms with E-state index in [1.54, 1.807) is 16.8 Å². The number of halogens is 2. The molecule has 7 nitrogen and oxygen atoms in total. The zero-order chi connectivity index (χ0) is 25.5. The van der Waals surface area contributed by atoms with E-state index in [2.05, 4.69) is 59.1 Å². The van der Waals surface area contributed by atoms with Crippen molar-refractivity contribution in [1.29, 1.82) is 0 Å². The Morgan fingerprint density at radius 1 is 0.778 bits per heavy atom. The number of aryl methyl sites for hydroxylation is 2. The highest BCUT2D eigenvalue weighted by Crippen LogP contribution is 2.28. The summed E-state index contributed by atoms with van der Waals surface area (Å²) >= 11 is 6.96. The SMILES string of the molecule is Cn1cc(Br)c(-c2ccc(O)cc2)n1.Cn1cc(Br)c(-c2ccc(OCCN3CCCCC3)cc2)n1. The minimum Gasteiger partial charge on any atom is -0.508 e. The molecule has 5 rings (SSSR count). The van der Waals surface area contributed by atoms with Crippen molar-refractivity contribution in [2.24, 2.45) is 14.1 Å². The van der Waals surface area contributed by atoms with Gasteiger partial charge in [0, 0.05) is 44.2 Å². The Bertz CT molecular complexity index is 1250. The van der Waals surface area contributed by atoms with Gasteiger partial charge in [-0.3, -0.25) is 14.3 Å². The molecule has 2 aromatic carbocycles. The van der Waals surface area contributed by atoms with Crippen molar-refractivity contribution in [1.82, 2.24) is 24.5 Å². The first-order valence-corrected chi connectivity index (χ1v) is 13.6. The molecule has 9 heteroatoms. The zero-order valence-corrected chi connectivity index (χ0v) is 23.7. The van der Waals surface area contributed by atoms with Crippen molar-refractivity contribution in [2.75, 3.05) is 26.2 Å². The summed E-state index contributed by atoms with van der Waals surface area (Å²) in [5.74, 6) is 1.19. The van der Waals surface area contributed by atoms with Crippen LogP contribution in [-0.2, 0) is 14.1 Å². The topological polar surface area (TPSA) is 68.3 Å². The van der Waals surface area contributed by atoms with Crippen molar-refractivity contribution >= 4 is 31.9 Å². The highest BCUT2D eigenvalue weighted by molar-refractivity contribution is 9.11. The standard InChI is InChI=1S/C17H22BrN3O.C10H9BrN2O/c1-20-13-16(18)17(19-20)14-5-7-15(8-6-14)22-12-11-21-9-3-2-4-10-21;1-13-6-9(11)10(12-13)7-2-4-8(14)5-3-7/h5-8,13H,2-4,9-12H2,1H3;2-6,14H,1H3. The fourth-order valence-electron chi connectivity index (χ4n) is 4.11. The van der Waals surface area contributed by atoms with Crippen LogP contribution < -0.4 is 4.74 Å². The predicted octanol–water partition coefficient (Wildman–Crippen LogP) is 6.27. The molecule has 2 aromatic heterocycles. The van der Waals surface area contributed by atoms with Gasteiger partial charge in [-0.2, -0.15) is 10.2 Å². The van der Waals surface area contributed by atoms with Gasteiger partial charge in [-0.05, 0) is 106 Å². The van der Waals surface area contributed by atoms with Crippen LogP contribution in [0.5, 0.6) is 11.5 Å². The van der Waals surface area contributed by atoms with Crippen LogP contribution in [0.1, 0.15) is 19.3 Å². The van der Waals surface area contributed by atoms with E-state index in [0.717, 1.165) is 50.4 Å². The maximum atomic E-state index is 9.14. The number of aromatic hydroxyl groups is 1. The minimum atomic E-state index is 0.265. The minimum absolute atomic E-state index is 0.265. The van der Waals surface area contributed by atoms with E-state index in [9.17, 15) is 0 Å². The molecule has 36 heavy (non-hydrogen) atoms. The summed E-state index contributed by atoms with van der Waals surface area (Å²) in [5, 5.41) is 17.9. The number of piperidine rings is 1. The monoisotopic (exact) mass is 615 g/mol. The Balaban J connectivity index is 0.000000187. The average molecular weight is 617 g/mol. The van der Waals surface area contributed by atoms with Gasteiger partial charge in [0.05, 0.1) is 8.95 Å². The summed E-state index contributed by atoms with van der Waals surface area (Å²) in [6.45, 7) is 4.21. The van der Waals surface area contributed by atoms with Crippen molar-refractivity contribution in [3.63, 3.8) is 0 Å². The average Bonchev–Trinajstić information content (AvgIpc) is 3.40. The molecule has 0 aliphatic carbocycles. The van der Waals surface area contributed by atoms with Crippen LogP contribution in [0.2, 0.25) is 0 Å². The molecule has 0 unspecified atom stereocenters. The number of benzene rings is 2. The molecule has 0 atom stereocenters. The normalized spacial score (nSPS) is 13.8. The first kappa shape index (κ1) is 26.4. The van der Waals surface area contributed by atoms with E-state index in [0.29, 0.717) is 0 Å². The third kappa shape index (κ3) is 7.21. The van der Waals surface area contributed by atoms with Crippen LogP contribution in [-0.4, -0.2) is 55.8 Å². The van der Waals surface area contributed by atoms with Crippen molar-refractivity contribution < 1.29 is 9.84 Å². The molecule has 4 aromatic rings. The van der Waals surface area contributed by atoms with Crippen LogP contribution in [0.15, 0.2) is 69.9 Å². The number of ether oxygens (including phenoxy) is 1. The highest BCUT2D eigenvalue weighted by Gasteiger charge is 2.11. The molecule has 0 amide bonds. The number of nitrogens with zero attached hydrogens (tertiary/aromatic N) is 5. The number of phenols is 1. The Morgan fingerprint density at radius 2 is 1.28 bits per heavy atom. The Morgan fingerprint density at radius 3 is 1.75 bits per heavy atom. The first-order chi connectivity index (χ1) is 17.4. The van der Waals surface area contributed by atoms with E-state index in [-0.39, 0.29) is 5.75 Å². The van der Waals surface area contributed by atoms with Gasteiger partial charge >= 0.3 is 0 Å². The quantitative estimate of drug-likeness (QED) is 0.277. The lowest BCUT2D eigenvalue weighted by atomic mass is 10.1. The molecule has 0 bridgehead atoms. The van der Waals surface area contributed by atoms with Gasteiger partial charge in [0.15, 0.2) is 0 Å². The molecule has 1 saturated heterocycles. The largest absolute Gasteiger partial charge is 0.508 e. The summed E-state index contributed by atoms with van der Waals surface area (Å²) in [4.78, 5) is 2.49. The number of phenolic OH excluding ortho intramolecular Hbond substituents is 1. The number of rotatable bonds is 6. The second-order valence-corrected chi connectivity index (χ2v) is 10.5. The van der Waals surface area contributed by atoms with Gasteiger partial charge < -0.3 is 9.84 Å². The predicted molar refractivity (Wildman–Crippen MR) is 150 cm³/mol. The third-order valence-electron chi connectivity index (χ3n) is 5.96. The summed E-state index contributed by atoms with van der Waals surface area (Å²) in [5.41, 5.74) is 3.92. The maximum absolute atomic E-state index is 9.14. The Hall–Kier alpha value is -2.62. The van der Waals surface area contributed by atoms with E-state index >= 15 is 0 Å². The van der Waals surface area contributed by atoms with Crippen LogP contribution >= 0.6 is 31.9 Å². The van der Waals surface area contributed by atoms with Crippen LogP contribution in [0.3, 0.4) is 0 Å². The summed E-state index contributed by atoms with van der Waals surface area (Å²) in [6, 6.07) is 15.1. The van der Waals surface area contributed by atoms with Crippen molar-refractivity contribution in [3.05, 3.63) is 69.9 Å². The van der Waals surface area contributed by atoms with Gasteiger partial charge in [-0.15, -0.1) is 0 Å². The number of aromatic nitrogens is 4. The van der Waals surface area contributed by atoms with Crippen molar-refractivity contribution in [3.8, 4) is 34.0 Å². The highest BCUT2D eigenvalue weighted by atomic mass is 79.9. The van der Waals surface area contributed by atoms with Gasteiger partial charge in [-0.1, -0.05) is 6.42 Å². The smallest absolute Gasteiger partial charge is 0.119 e. The van der Waals surface area contributed by atoms with Gasteiger partial charge in [0.25, 0.3) is 0 Å². The number of hydrogen-bond acceptors (Lipinski definition) is 5. The van der Waals surface area contributed by atoms with E-state index in [1.807, 2.05) is 55.4 Å². The number of hydrogen-bond donors (Lipinski definition) is 1. The molecule has 1 aliphatic heterocycles. The molecule has 1 N–H and O–H groups in total. The van der Waals surface area contributed by atoms with E-state index in [4.69, 9.17) is 9.84 Å². The lowest BCUT2D eigenvalue weighted by Gasteiger charge is -2.26. The lowest BCUT2D eigenvalue weighted by molar-refractivity contribution is 0.183. The summed E-state index contributed by atoms with van der Waals surface area (Å²) in [6.07, 6.45) is 7.88. The summed E-state index contributed by atoms with van der Waals surface area (Å²) < 4.78 is 11.4.